The Morgan fingerprint density at radius 1 is 1.32 bits per heavy atom. The van der Waals surface area contributed by atoms with Gasteiger partial charge in [-0.15, -0.1) is 0 Å². The predicted octanol–water partition coefficient (Wildman–Crippen LogP) is 1.29. The minimum Gasteiger partial charge on any atom is -0.369 e. The van der Waals surface area contributed by atoms with Crippen LogP contribution in [-0.2, 0) is 0 Å². The van der Waals surface area contributed by atoms with Gasteiger partial charge in [0.2, 0.25) is 0 Å². The summed E-state index contributed by atoms with van der Waals surface area (Å²) < 4.78 is 0. The van der Waals surface area contributed by atoms with E-state index >= 15 is 0 Å². The van der Waals surface area contributed by atoms with Crippen LogP contribution in [0.5, 0.6) is 0 Å². The Morgan fingerprint density at radius 3 is 2.63 bits per heavy atom. The van der Waals surface area contributed by atoms with Gasteiger partial charge in [-0.2, -0.15) is 5.26 Å². The van der Waals surface area contributed by atoms with Gasteiger partial charge in [0.1, 0.15) is 0 Å². The summed E-state index contributed by atoms with van der Waals surface area (Å²) in [6.07, 6.45) is 0. The Bertz CT molecular complexity index is 434. The maximum absolute atomic E-state index is 8.82. The second-order valence-corrected chi connectivity index (χ2v) is 5.09. The highest BCUT2D eigenvalue weighted by Gasteiger charge is 2.23. The number of hydrogen-bond donors (Lipinski definition) is 1. The van der Waals surface area contributed by atoms with Gasteiger partial charge >= 0.3 is 0 Å². The van der Waals surface area contributed by atoms with E-state index < -0.39 is 0 Å². The molecule has 0 aromatic heterocycles. The van der Waals surface area contributed by atoms with Crippen molar-refractivity contribution >= 4 is 5.69 Å². The fourth-order valence-corrected chi connectivity index (χ4v) is 2.56. The number of likely N-dealkylation sites (N-methyl/N-ethyl adjacent to an activating group) is 1. The van der Waals surface area contributed by atoms with E-state index in [-0.39, 0.29) is 0 Å². The fraction of sp³-hybridized carbons (Fsp3) is 0.533. The molecule has 19 heavy (non-hydrogen) atoms. The second-order valence-electron chi connectivity index (χ2n) is 5.09. The molecule has 0 radical (unpaired) electrons. The summed E-state index contributed by atoms with van der Waals surface area (Å²) in [5, 5.41) is 12.0. The Balaban J connectivity index is 1.95. The van der Waals surface area contributed by atoms with Crippen LogP contribution in [0.3, 0.4) is 0 Å². The van der Waals surface area contributed by atoms with E-state index in [1.807, 2.05) is 19.2 Å². The van der Waals surface area contributed by atoms with Crippen molar-refractivity contribution in [3.63, 3.8) is 0 Å². The van der Waals surface area contributed by atoms with Crippen molar-refractivity contribution in [1.29, 1.82) is 5.26 Å². The molecule has 0 spiro atoms. The SMILES string of the molecule is CNCCN1CCN(c2ccc(C#N)cc2)CC1C. The normalized spacial score (nSPS) is 20.3. The van der Waals surface area contributed by atoms with Crippen molar-refractivity contribution in [2.75, 3.05) is 44.7 Å². The summed E-state index contributed by atoms with van der Waals surface area (Å²) in [7, 11) is 2.00. The highest BCUT2D eigenvalue weighted by Crippen LogP contribution is 2.19. The molecule has 0 bridgehead atoms. The van der Waals surface area contributed by atoms with Crippen LogP contribution < -0.4 is 10.2 Å². The Kier molecular flexibility index (Phi) is 4.78. The van der Waals surface area contributed by atoms with E-state index in [1.54, 1.807) is 0 Å². The van der Waals surface area contributed by atoms with Crippen molar-refractivity contribution < 1.29 is 0 Å². The average molecular weight is 258 g/mol. The van der Waals surface area contributed by atoms with Crippen LogP contribution in [0.25, 0.3) is 0 Å². The number of nitriles is 1. The zero-order chi connectivity index (χ0) is 13.7. The summed E-state index contributed by atoms with van der Waals surface area (Å²) in [5.74, 6) is 0. The Hall–Kier alpha value is -1.57. The summed E-state index contributed by atoms with van der Waals surface area (Å²) >= 11 is 0. The van der Waals surface area contributed by atoms with Crippen LogP contribution in [0.2, 0.25) is 0 Å². The van der Waals surface area contributed by atoms with Gasteiger partial charge in [-0.05, 0) is 38.2 Å². The van der Waals surface area contributed by atoms with Gasteiger partial charge in [0.15, 0.2) is 0 Å². The number of benzene rings is 1. The molecule has 1 aromatic carbocycles. The summed E-state index contributed by atoms with van der Waals surface area (Å²) in [6.45, 7) is 7.64. The molecule has 1 N–H and O–H groups in total. The van der Waals surface area contributed by atoms with Gasteiger partial charge < -0.3 is 10.2 Å². The molecular formula is C15H22N4. The quantitative estimate of drug-likeness (QED) is 0.883. The first-order valence-electron chi connectivity index (χ1n) is 6.88. The maximum Gasteiger partial charge on any atom is 0.0991 e. The molecule has 0 aliphatic carbocycles. The van der Waals surface area contributed by atoms with Gasteiger partial charge in [0, 0.05) is 44.5 Å². The topological polar surface area (TPSA) is 42.3 Å². The zero-order valence-corrected chi connectivity index (χ0v) is 11.8. The number of nitrogens with zero attached hydrogens (tertiary/aromatic N) is 3. The highest BCUT2D eigenvalue weighted by atomic mass is 15.3. The molecule has 4 heteroatoms. The van der Waals surface area contributed by atoms with Crippen LogP contribution in [0.1, 0.15) is 12.5 Å². The molecule has 0 saturated carbocycles. The van der Waals surface area contributed by atoms with Gasteiger partial charge in [-0.25, -0.2) is 0 Å². The predicted molar refractivity (Wildman–Crippen MR) is 78.3 cm³/mol. The smallest absolute Gasteiger partial charge is 0.0991 e. The van der Waals surface area contributed by atoms with Crippen LogP contribution >= 0.6 is 0 Å². The highest BCUT2D eigenvalue weighted by molar-refractivity contribution is 5.50. The Morgan fingerprint density at radius 2 is 2.05 bits per heavy atom. The van der Waals surface area contributed by atoms with Crippen LogP contribution in [0, 0.1) is 11.3 Å². The van der Waals surface area contributed by atoms with E-state index in [0.717, 1.165) is 38.3 Å². The standard InChI is InChI=1S/C15H22N4/c1-13-12-19(10-9-18(13)8-7-17-2)15-5-3-14(11-16)4-6-15/h3-6,13,17H,7-10,12H2,1-2H3. The lowest BCUT2D eigenvalue weighted by molar-refractivity contribution is 0.191. The number of piperazine rings is 1. The van der Waals surface area contributed by atoms with Crippen molar-refractivity contribution in [2.45, 2.75) is 13.0 Å². The van der Waals surface area contributed by atoms with Gasteiger partial charge in [0.05, 0.1) is 11.6 Å². The summed E-state index contributed by atoms with van der Waals surface area (Å²) in [5.41, 5.74) is 1.95. The van der Waals surface area contributed by atoms with E-state index in [4.69, 9.17) is 5.26 Å². The van der Waals surface area contributed by atoms with Crippen LogP contribution in [0.15, 0.2) is 24.3 Å². The number of hydrogen-bond acceptors (Lipinski definition) is 4. The molecule has 4 nitrogen and oxygen atoms in total. The molecular weight excluding hydrogens is 236 g/mol. The van der Waals surface area contributed by atoms with Gasteiger partial charge in [-0.1, -0.05) is 0 Å². The van der Waals surface area contributed by atoms with Crippen molar-refractivity contribution in [3.8, 4) is 6.07 Å². The average Bonchev–Trinajstić information content (AvgIpc) is 2.46. The first-order valence-corrected chi connectivity index (χ1v) is 6.88. The second kappa shape index (κ2) is 6.55. The summed E-state index contributed by atoms with van der Waals surface area (Å²) in [6, 6.07) is 10.6. The van der Waals surface area contributed by atoms with Crippen molar-refractivity contribution in [2.24, 2.45) is 0 Å². The molecule has 2 rings (SSSR count). The molecule has 1 atom stereocenters. The Labute approximate surface area is 115 Å². The van der Waals surface area contributed by atoms with Crippen molar-refractivity contribution in [1.82, 2.24) is 10.2 Å². The van der Waals surface area contributed by atoms with E-state index in [9.17, 15) is 0 Å². The van der Waals surface area contributed by atoms with E-state index in [0.29, 0.717) is 6.04 Å². The molecule has 1 heterocycles. The molecule has 1 aliphatic heterocycles. The largest absolute Gasteiger partial charge is 0.369 e. The molecule has 1 unspecified atom stereocenters. The first kappa shape index (κ1) is 13.9. The van der Waals surface area contributed by atoms with E-state index in [2.05, 4.69) is 40.2 Å². The minimum absolute atomic E-state index is 0.567. The van der Waals surface area contributed by atoms with Crippen LogP contribution in [0.4, 0.5) is 5.69 Å². The third-order valence-corrected chi connectivity index (χ3v) is 3.78. The molecule has 102 valence electrons. The lowest BCUT2D eigenvalue weighted by Crippen LogP contribution is -2.53. The molecule has 1 aromatic rings. The number of anilines is 1. The lowest BCUT2D eigenvalue weighted by atomic mass is 10.1. The number of nitrogens with one attached hydrogen (secondary N) is 1. The third-order valence-electron chi connectivity index (χ3n) is 3.78. The van der Waals surface area contributed by atoms with Crippen molar-refractivity contribution in [3.05, 3.63) is 29.8 Å². The molecule has 0 amide bonds. The first-order chi connectivity index (χ1) is 9.24. The summed E-state index contributed by atoms with van der Waals surface area (Å²) in [4.78, 5) is 4.93. The third kappa shape index (κ3) is 3.46. The molecule has 1 aliphatic rings. The number of rotatable bonds is 4. The van der Waals surface area contributed by atoms with Gasteiger partial charge in [-0.3, -0.25) is 4.90 Å². The minimum atomic E-state index is 0.567. The molecule has 1 fully saturated rings. The lowest BCUT2D eigenvalue weighted by Gasteiger charge is -2.41. The van der Waals surface area contributed by atoms with Gasteiger partial charge in [0.25, 0.3) is 0 Å². The van der Waals surface area contributed by atoms with Crippen LogP contribution in [-0.4, -0.2) is 50.7 Å². The zero-order valence-electron chi connectivity index (χ0n) is 11.8. The fourth-order valence-electron chi connectivity index (χ4n) is 2.56. The van der Waals surface area contributed by atoms with E-state index in [1.165, 1.54) is 5.69 Å². The maximum atomic E-state index is 8.82. The molecule has 1 saturated heterocycles. The monoisotopic (exact) mass is 258 g/mol.